The van der Waals surface area contributed by atoms with Crippen molar-refractivity contribution in [1.82, 2.24) is 4.90 Å². The van der Waals surface area contributed by atoms with Crippen molar-refractivity contribution in [3.05, 3.63) is 33.8 Å². The topological polar surface area (TPSA) is 20.3 Å². The van der Waals surface area contributed by atoms with Crippen LogP contribution in [0.4, 0.5) is 0 Å². The van der Waals surface area contributed by atoms with Crippen LogP contribution in [0, 0.1) is 6.92 Å². The van der Waals surface area contributed by atoms with Gasteiger partial charge in [-0.3, -0.25) is 4.79 Å². The highest BCUT2D eigenvalue weighted by Gasteiger charge is 2.29. The van der Waals surface area contributed by atoms with E-state index in [-0.39, 0.29) is 5.91 Å². The lowest BCUT2D eigenvalue weighted by atomic mass is 10.1. The number of halogens is 1. The van der Waals surface area contributed by atoms with Crippen molar-refractivity contribution in [2.45, 2.75) is 32.1 Å². The van der Waals surface area contributed by atoms with E-state index in [1.807, 2.05) is 41.8 Å². The summed E-state index contributed by atoms with van der Waals surface area (Å²) >= 11 is 5.41. The van der Waals surface area contributed by atoms with Crippen molar-refractivity contribution < 1.29 is 4.79 Å². The summed E-state index contributed by atoms with van der Waals surface area (Å²) in [7, 11) is 0. The minimum absolute atomic E-state index is 0.158. The van der Waals surface area contributed by atoms with Gasteiger partial charge in [-0.25, -0.2) is 0 Å². The molecule has 2 nitrogen and oxygen atoms in total. The fourth-order valence-corrected chi connectivity index (χ4v) is 3.51. The minimum atomic E-state index is 0.158. The van der Waals surface area contributed by atoms with E-state index in [0.29, 0.717) is 11.3 Å². The molecule has 2 atom stereocenters. The fraction of sp³-hybridized carbons (Fsp3) is 0.500. The van der Waals surface area contributed by atoms with Crippen molar-refractivity contribution in [3.8, 4) is 0 Å². The maximum atomic E-state index is 12.5. The van der Waals surface area contributed by atoms with Crippen LogP contribution in [0.3, 0.4) is 0 Å². The summed E-state index contributed by atoms with van der Waals surface area (Å²) in [6.07, 6.45) is 0. The molecule has 18 heavy (non-hydrogen) atoms. The molecule has 0 bridgehead atoms. The first-order valence-corrected chi connectivity index (χ1v) is 8.03. The lowest BCUT2D eigenvalue weighted by Crippen LogP contribution is -2.47. The van der Waals surface area contributed by atoms with Gasteiger partial charge in [0.15, 0.2) is 0 Å². The van der Waals surface area contributed by atoms with Gasteiger partial charge in [0.2, 0.25) is 0 Å². The quantitative estimate of drug-likeness (QED) is 0.783. The molecule has 1 fully saturated rings. The van der Waals surface area contributed by atoms with Crippen molar-refractivity contribution in [3.63, 3.8) is 0 Å². The summed E-state index contributed by atoms with van der Waals surface area (Å²) in [5.41, 5.74) is 1.90. The predicted octanol–water partition coefficient (Wildman–Crippen LogP) is 3.72. The van der Waals surface area contributed by atoms with E-state index in [1.165, 1.54) is 0 Å². The summed E-state index contributed by atoms with van der Waals surface area (Å²) in [6, 6.07) is 6.12. The Morgan fingerprint density at radius 1 is 1.44 bits per heavy atom. The maximum Gasteiger partial charge on any atom is 0.254 e. The number of amides is 1. The first-order chi connectivity index (χ1) is 8.50. The number of thioether (sulfide) groups is 1. The molecule has 0 aliphatic carbocycles. The first-order valence-electron chi connectivity index (χ1n) is 6.19. The summed E-state index contributed by atoms with van der Waals surface area (Å²) in [6.45, 7) is 7.20. The molecule has 0 N–H and O–H groups in total. The molecule has 0 spiro atoms. The third-order valence-corrected chi connectivity index (χ3v) is 5.78. The molecule has 1 heterocycles. The number of aryl methyl sites for hydroxylation is 1. The van der Waals surface area contributed by atoms with Crippen LogP contribution in [0.1, 0.15) is 29.8 Å². The lowest BCUT2D eigenvalue weighted by molar-refractivity contribution is 0.0698. The van der Waals surface area contributed by atoms with Crippen LogP contribution in [-0.2, 0) is 0 Å². The second-order valence-corrected chi connectivity index (χ2v) is 7.12. The van der Waals surface area contributed by atoms with Crippen LogP contribution in [0.25, 0.3) is 0 Å². The summed E-state index contributed by atoms with van der Waals surface area (Å²) in [5.74, 6) is 1.19. The van der Waals surface area contributed by atoms with Crippen LogP contribution in [0.5, 0.6) is 0 Å². The average Bonchev–Trinajstić information content (AvgIpc) is 2.35. The first kappa shape index (κ1) is 13.9. The zero-order valence-electron chi connectivity index (χ0n) is 10.9. The molecule has 1 saturated heterocycles. The van der Waals surface area contributed by atoms with Crippen LogP contribution in [0.15, 0.2) is 22.7 Å². The van der Waals surface area contributed by atoms with E-state index in [1.54, 1.807) is 0 Å². The summed E-state index contributed by atoms with van der Waals surface area (Å²) in [4.78, 5) is 14.5. The zero-order valence-corrected chi connectivity index (χ0v) is 13.3. The molecule has 0 aromatic heterocycles. The van der Waals surface area contributed by atoms with Crippen LogP contribution in [-0.4, -0.2) is 34.4 Å². The van der Waals surface area contributed by atoms with E-state index < -0.39 is 0 Å². The molecule has 2 unspecified atom stereocenters. The van der Waals surface area contributed by atoms with Gasteiger partial charge in [0.05, 0.1) is 0 Å². The number of hydrogen-bond acceptors (Lipinski definition) is 2. The highest BCUT2D eigenvalue weighted by molar-refractivity contribution is 9.10. The Hall–Kier alpha value is -0.480. The molecular weight excluding hydrogens is 310 g/mol. The summed E-state index contributed by atoms with van der Waals surface area (Å²) < 4.78 is 1.05. The Bertz CT molecular complexity index is 463. The molecule has 1 aromatic rings. The van der Waals surface area contributed by atoms with E-state index in [2.05, 4.69) is 29.8 Å². The van der Waals surface area contributed by atoms with Gasteiger partial charge < -0.3 is 4.90 Å². The van der Waals surface area contributed by atoms with Gasteiger partial charge in [0, 0.05) is 33.6 Å². The molecule has 0 saturated carbocycles. The standard InChI is InChI=1S/C14H18BrNOS/c1-9-8-12(4-5-13(9)15)14(17)16-6-7-18-11(3)10(16)2/h4-5,8,10-11H,6-7H2,1-3H3. The maximum absolute atomic E-state index is 12.5. The SMILES string of the molecule is Cc1cc(C(=O)N2CCSC(C)C2C)ccc1Br. The molecule has 4 heteroatoms. The Kier molecular flexibility index (Phi) is 4.38. The van der Waals surface area contributed by atoms with E-state index in [9.17, 15) is 4.79 Å². The lowest BCUT2D eigenvalue weighted by Gasteiger charge is -2.37. The van der Waals surface area contributed by atoms with Gasteiger partial charge in [0.1, 0.15) is 0 Å². The number of carbonyl (C=O) groups excluding carboxylic acids is 1. The van der Waals surface area contributed by atoms with E-state index >= 15 is 0 Å². The highest BCUT2D eigenvalue weighted by atomic mass is 79.9. The highest BCUT2D eigenvalue weighted by Crippen LogP contribution is 2.26. The second-order valence-electron chi connectivity index (χ2n) is 4.78. The monoisotopic (exact) mass is 327 g/mol. The smallest absolute Gasteiger partial charge is 0.254 e. The molecule has 1 amide bonds. The summed E-state index contributed by atoms with van der Waals surface area (Å²) in [5, 5.41) is 0.513. The number of rotatable bonds is 1. The average molecular weight is 328 g/mol. The normalized spacial score (nSPS) is 24.1. The largest absolute Gasteiger partial charge is 0.334 e. The van der Waals surface area contributed by atoms with Gasteiger partial charge in [-0.1, -0.05) is 22.9 Å². The van der Waals surface area contributed by atoms with Crippen LogP contribution >= 0.6 is 27.7 Å². The fourth-order valence-electron chi connectivity index (χ4n) is 2.16. The van der Waals surface area contributed by atoms with Crippen molar-refractivity contribution in [2.24, 2.45) is 0 Å². The van der Waals surface area contributed by atoms with Gasteiger partial charge >= 0.3 is 0 Å². The van der Waals surface area contributed by atoms with Crippen LogP contribution in [0.2, 0.25) is 0 Å². The van der Waals surface area contributed by atoms with Crippen molar-refractivity contribution in [1.29, 1.82) is 0 Å². The van der Waals surface area contributed by atoms with Gasteiger partial charge in [0.25, 0.3) is 5.91 Å². The van der Waals surface area contributed by atoms with Gasteiger partial charge in [-0.05, 0) is 37.6 Å². The number of nitrogens with zero attached hydrogens (tertiary/aromatic N) is 1. The third kappa shape index (κ3) is 2.75. The van der Waals surface area contributed by atoms with Crippen LogP contribution < -0.4 is 0 Å². The Labute approximate surface area is 121 Å². The van der Waals surface area contributed by atoms with Gasteiger partial charge in [-0.2, -0.15) is 11.8 Å². The minimum Gasteiger partial charge on any atom is -0.334 e. The number of hydrogen-bond donors (Lipinski definition) is 0. The second kappa shape index (κ2) is 5.66. The van der Waals surface area contributed by atoms with E-state index in [0.717, 1.165) is 27.9 Å². The molecule has 1 aromatic carbocycles. The molecule has 1 aliphatic rings. The predicted molar refractivity (Wildman–Crippen MR) is 81.3 cm³/mol. The molecule has 0 radical (unpaired) electrons. The van der Waals surface area contributed by atoms with Crippen molar-refractivity contribution in [2.75, 3.05) is 12.3 Å². The van der Waals surface area contributed by atoms with E-state index in [4.69, 9.17) is 0 Å². The van der Waals surface area contributed by atoms with Crippen molar-refractivity contribution >= 4 is 33.6 Å². The Morgan fingerprint density at radius 2 is 2.17 bits per heavy atom. The number of benzene rings is 1. The third-order valence-electron chi connectivity index (χ3n) is 3.55. The number of carbonyl (C=O) groups is 1. The Balaban J connectivity index is 2.22. The zero-order chi connectivity index (χ0) is 13.3. The Morgan fingerprint density at radius 3 is 2.83 bits per heavy atom. The molecule has 2 rings (SSSR count). The molecular formula is C14H18BrNOS. The molecule has 1 aliphatic heterocycles. The molecule has 98 valence electrons. The van der Waals surface area contributed by atoms with Gasteiger partial charge in [-0.15, -0.1) is 0 Å².